The van der Waals surface area contributed by atoms with Crippen LogP contribution in [0.5, 0.6) is 0 Å². The maximum Gasteiger partial charge on any atom is 0.223 e. The van der Waals surface area contributed by atoms with E-state index >= 15 is 0 Å². The molecule has 1 aliphatic rings. The number of hydrogen-bond donors (Lipinski definition) is 3. The van der Waals surface area contributed by atoms with Gasteiger partial charge < -0.3 is 15.5 Å². The van der Waals surface area contributed by atoms with Crippen LogP contribution in [0.1, 0.15) is 92.2 Å². The molecule has 0 spiro atoms. The molecule has 0 saturated heterocycles. The summed E-state index contributed by atoms with van der Waals surface area (Å²) in [7, 11) is 0. The standard InChI is InChI=1S/C30H46N2O4/c1-7-11-24-28(35)21(3)13-10-12-20(2)15-16-25(22(4)18-23-14-8-9-17-31-23)32-27(34)19-26(33)30(5,6)29(24)36/h8-9,14-15,17-18,21,24-26,28,33,35H,7,10-13,16,19H2,1-6H3,(H,32,34)/b20-15-,22-18+/t21-,24+,25-,26-,28-/m0/s1. The second-order valence-corrected chi connectivity index (χ2v) is 11.1. The first-order valence-electron chi connectivity index (χ1n) is 13.4. The fourth-order valence-corrected chi connectivity index (χ4v) is 4.94. The molecule has 200 valence electrons. The third kappa shape index (κ3) is 8.38. The number of carbonyl (C=O) groups is 2. The number of rotatable bonds is 4. The zero-order valence-electron chi connectivity index (χ0n) is 23.0. The number of nitrogens with one attached hydrogen (secondary N) is 1. The van der Waals surface area contributed by atoms with Crippen LogP contribution in [0.4, 0.5) is 0 Å². The minimum absolute atomic E-state index is 0.0289. The molecule has 0 aromatic carbocycles. The number of nitrogens with zero attached hydrogens (tertiary/aromatic N) is 1. The number of allylic oxidation sites excluding steroid dienone is 1. The fourth-order valence-electron chi connectivity index (χ4n) is 4.94. The molecular weight excluding hydrogens is 452 g/mol. The first-order chi connectivity index (χ1) is 17.0. The van der Waals surface area contributed by atoms with Crippen LogP contribution in [-0.2, 0) is 9.59 Å². The number of amides is 1. The SMILES string of the molecule is CCC[C@H]1C(=O)C(C)(C)[C@@H](O)CC(=O)N[C@H](/C(C)=C/c2ccccn2)C/C=C(/C)CCC[C@H](C)[C@@H]1O. The Morgan fingerprint density at radius 3 is 2.61 bits per heavy atom. The van der Waals surface area contributed by atoms with Gasteiger partial charge in [0.1, 0.15) is 5.78 Å². The lowest BCUT2D eigenvalue weighted by atomic mass is 9.71. The summed E-state index contributed by atoms with van der Waals surface area (Å²) in [5.41, 5.74) is 1.87. The van der Waals surface area contributed by atoms with E-state index in [2.05, 4.69) is 23.3 Å². The van der Waals surface area contributed by atoms with E-state index < -0.39 is 23.5 Å². The molecule has 0 radical (unpaired) electrons. The first-order valence-corrected chi connectivity index (χ1v) is 13.4. The van der Waals surface area contributed by atoms with Crippen molar-refractivity contribution < 1.29 is 19.8 Å². The van der Waals surface area contributed by atoms with Gasteiger partial charge in [-0.15, -0.1) is 0 Å². The van der Waals surface area contributed by atoms with E-state index in [1.165, 1.54) is 5.57 Å². The van der Waals surface area contributed by atoms with Crippen LogP contribution in [-0.4, -0.2) is 45.1 Å². The van der Waals surface area contributed by atoms with Crippen LogP contribution >= 0.6 is 0 Å². The zero-order valence-corrected chi connectivity index (χ0v) is 23.0. The summed E-state index contributed by atoms with van der Waals surface area (Å²) in [6, 6.07) is 5.46. The Labute approximate surface area is 217 Å². The van der Waals surface area contributed by atoms with Crippen LogP contribution in [0.3, 0.4) is 0 Å². The molecule has 3 N–H and O–H groups in total. The molecule has 6 nitrogen and oxygen atoms in total. The minimum Gasteiger partial charge on any atom is -0.392 e. The van der Waals surface area contributed by atoms with Crippen molar-refractivity contribution in [3.05, 3.63) is 47.3 Å². The Morgan fingerprint density at radius 2 is 1.97 bits per heavy atom. The number of aromatic nitrogens is 1. The van der Waals surface area contributed by atoms with Crippen molar-refractivity contribution in [2.45, 2.75) is 105 Å². The van der Waals surface area contributed by atoms with E-state index in [0.29, 0.717) is 12.8 Å². The van der Waals surface area contributed by atoms with Crippen molar-refractivity contribution in [1.82, 2.24) is 10.3 Å². The summed E-state index contributed by atoms with van der Waals surface area (Å²) in [6.45, 7) is 11.4. The summed E-state index contributed by atoms with van der Waals surface area (Å²) in [4.78, 5) is 31.0. The van der Waals surface area contributed by atoms with Crippen molar-refractivity contribution in [2.75, 3.05) is 0 Å². The van der Waals surface area contributed by atoms with Crippen molar-refractivity contribution in [1.29, 1.82) is 0 Å². The highest BCUT2D eigenvalue weighted by Gasteiger charge is 2.43. The molecule has 5 atom stereocenters. The normalized spacial score (nSPS) is 30.8. The second-order valence-electron chi connectivity index (χ2n) is 11.1. The highest BCUT2D eigenvalue weighted by Crippen LogP contribution is 2.34. The predicted octanol–water partition coefficient (Wildman–Crippen LogP) is 5.25. The molecule has 1 amide bonds. The van der Waals surface area contributed by atoms with Gasteiger partial charge in [0.25, 0.3) is 0 Å². The van der Waals surface area contributed by atoms with Gasteiger partial charge in [-0.2, -0.15) is 0 Å². The van der Waals surface area contributed by atoms with Crippen molar-refractivity contribution in [3.63, 3.8) is 0 Å². The highest BCUT2D eigenvalue weighted by molar-refractivity contribution is 5.88. The molecule has 0 aliphatic carbocycles. The molecule has 6 heteroatoms. The lowest BCUT2D eigenvalue weighted by molar-refractivity contribution is -0.144. The van der Waals surface area contributed by atoms with Crippen LogP contribution in [0, 0.1) is 17.3 Å². The van der Waals surface area contributed by atoms with E-state index in [0.717, 1.165) is 37.0 Å². The van der Waals surface area contributed by atoms with Crippen LogP contribution in [0.2, 0.25) is 0 Å². The highest BCUT2D eigenvalue weighted by atomic mass is 16.3. The number of Topliss-reactive ketones (excluding diaryl/α,β-unsaturated/α-hetero) is 1. The predicted molar refractivity (Wildman–Crippen MR) is 145 cm³/mol. The van der Waals surface area contributed by atoms with Gasteiger partial charge >= 0.3 is 0 Å². The topological polar surface area (TPSA) is 99.5 Å². The van der Waals surface area contributed by atoms with E-state index in [4.69, 9.17) is 0 Å². The monoisotopic (exact) mass is 498 g/mol. The van der Waals surface area contributed by atoms with Crippen molar-refractivity contribution in [3.8, 4) is 0 Å². The number of pyridine rings is 1. The van der Waals surface area contributed by atoms with E-state index in [-0.39, 0.29) is 30.1 Å². The number of carbonyl (C=O) groups excluding carboxylic acids is 2. The number of aliphatic hydroxyl groups is 2. The molecule has 0 saturated carbocycles. The van der Waals surface area contributed by atoms with E-state index in [1.807, 2.05) is 45.0 Å². The lowest BCUT2D eigenvalue weighted by Crippen LogP contribution is -2.48. The molecule has 2 heterocycles. The lowest BCUT2D eigenvalue weighted by Gasteiger charge is -2.36. The molecule has 1 aromatic rings. The third-order valence-electron chi connectivity index (χ3n) is 7.66. The van der Waals surface area contributed by atoms with Gasteiger partial charge in [-0.05, 0) is 75.7 Å². The summed E-state index contributed by atoms with van der Waals surface area (Å²) in [5.74, 6) is -1.06. The van der Waals surface area contributed by atoms with Gasteiger partial charge in [0.15, 0.2) is 0 Å². The smallest absolute Gasteiger partial charge is 0.223 e. The van der Waals surface area contributed by atoms with E-state index in [9.17, 15) is 19.8 Å². The maximum atomic E-state index is 13.6. The Morgan fingerprint density at radius 1 is 1.25 bits per heavy atom. The largest absolute Gasteiger partial charge is 0.392 e. The zero-order chi connectivity index (χ0) is 26.9. The van der Waals surface area contributed by atoms with Crippen LogP contribution in [0.25, 0.3) is 6.08 Å². The molecule has 2 rings (SSSR count). The third-order valence-corrected chi connectivity index (χ3v) is 7.66. The van der Waals surface area contributed by atoms with E-state index in [1.54, 1.807) is 20.0 Å². The number of ketones is 1. The second kappa shape index (κ2) is 13.8. The minimum atomic E-state index is -1.15. The summed E-state index contributed by atoms with van der Waals surface area (Å²) in [5, 5.41) is 25.2. The van der Waals surface area contributed by atoms with Gasteiger partial charge in [-0.1, -0.05) is 51.8 Å². The molecule has 0 fully saturated rings. The maximum absolute atomic E-state index is 13.6. The Balaban J connectivity index is 2.37. The van der Waals surface area contributed by atoms with Gasteiger partial charge in [0.2, 0.25) is 5.91 Å². The molecule has 0 unspecified atom stereocenters. The van der Waals surface area contributed by atoms with Gasteiger partial charge in [-0.25, -0.2) is 0 Å². The quantitative estimate of drug-likeness (QED) is 0.493. The number of hydrogen-bond acceptors (Lipinski definition) is 5. The Hall–Kier alpha value is -2.31. The van der Waals surface area contributed by atoms with Crippen LogP contribution < -0.4 is 5.32 Å². The van der Waals surface area contributed by atoms with Gasteiger partial charge in [-0.3, -0.25) is 14.6 Å². The summed E-state index contributed by atoms with van der Waals surface area (Å²) < 4.78 is 0. The van der Waals surface area contributed by atoms with Gasteiger partial charge in [0, 0.05) is 12.1 Å². The summed E-state index contributed by atoms with van der Waals surface area (Å²) >= 11 is 0. The van der Waals surface area contributed by atoms with Crippen LogP contribution in [0.15, 0.2) is 41.6 Å². The molecule has 1 aromatic heterocycles. The molecule has 36 heavy (non-hydrogen) atoms. The molecule has 1 aliphatic heterocycles. The van der Waals surface area contributed by atoms with Crippen molar-refractivity contribution >= 4 is 17.8 Å². The average molecular weight is 499 g/mol. The number of aliphatic hydroxyl groups excluding tert-OH is 2. The Kier molecular flexibility index (Phi) is 11.5. The van der Waals surface area contributed by atoms with Crippen molar-refractivity contribution in [2.24, 2.45) is 17.3 Å². The fraction of sp³-hybridized carbons (Fsp3) is 0.633. The molecular formula is C30H46N2O4. The average Bonchev–Trinajstić information content (AvgIpc) is 2.84. The summed E-state index contributed by atoms with van der Waals surface area (Å²) in [6.07, 6.45) is 8.35. The Bertz CT molecular complexity index is 922. The molecule has 0 bridgehead atoms. The van der Waals surface area contributed by atoms with Gasteiger partial charge in [0.05, 0.1) is 35.8 Å². The first kappa shape index (κ1) is 29.9.